The highest BCUT2D eigenvalue weighted by Gasteiger charge is 2.36. The van der Waals surface area contributed by atoms with Crippen molar-refractivity contribution in [2.75, 3.05) is 5.73 Å². The summed E-state index contributed by atoms with van der Waals surface area (Å²) in [5, 5.41) is 11.2. The number of hydrogen-bond donors (Lipinski definition) is 2. The molecule has 1 aliphatic carbocycles. The molecule has 0 saturated carbocycles. The fourth-order valence-electron chi connectivity index (χ4n) is 3.02. The van der Waals surface area contributed by atoms with Crippen molar-refractivity contribution in [1.82, 2.24) is 4.98 Å². The van der Waals surface area contributed by atoms with Gasteiger partial charge in [0.05, 0.1) is 0 Å². The fraction of sp³-hybridized carbons (Fsp3) is 0.312. The van der Waals surface area contributed by atoms with Crippen molar-refractivity contribution >= 4 is 5.82 Å². The standard InChI is InChI=1S/C16H18N2O/c17-15-14(9-5-11-18-15)16(19)10-4-3-7-12-6-1-2-8-13(12)16/h1-2,5-6,8-9,11,19H,3-4,7,10H2,(H2,17,18). The van der Waals surface area contributed by atoms with Gasteiger partial charge in [0, 0.05) is 11.8 Å². The van der Waals surface area contributed by atoms with Crippen molar-refractivity contribution in [2.24, 2.45) is 0 Å². The van der Waals surface area contributed by atoms with Gasteiger partial charge >= 0.3 is 0 Å². The van der Waals surface area contributed by atoms with Gasteiger partial charge in [0.2, 0.25) is 0 Å². The highest BCUT2D eigenvalue weighted by Crippen LogP contribution is 2.40. The zero-order chi connectivity index (χ0) is 13.3. The number of nitrogens with two attached hydrogens (primary N) is 1. The molecule has 1 heterocycles. The fourth-order valence-corrected chi connectivity index (χ4v) is 3.02. The largest absolute Gasteiger partial charge is 0.383 e. The maximum Gasteiger partial charge on any atom is 0.129 e. The Morgan fingerprint density at radius 2 is 1.84 bits per heavy atom. The first-order valence-corrected chi connectivity index (χ1v) is 6.73. The summed E-state index contributed by atoms with van der Waals surface area (Å²) in [5.74, 6) is 0.418. The van der Waals surface area contributed by atoms with Gasteiger partial charge in [-0.2, -0.15) is 0 Å². The number of aryl methyl sites for hydroxylation is 1. The molecule has 1 aliphatic rings. The minimum Gasteiger partial charge on any atom is -0.383 e. The Bertz CT molecular complexity index is 597. The molecule has 0 amide bonds. The molecule has 0 aliphatic heterocycles. The normalized spacial score (nSPS) is 22.6. The van der Waals surface area contributed by atoms with Gasteiger partial charge in [-0.15, -0.1) is 0 Å². The lowest BCUT2D eigenvalue weighted by Gasteiger charge is -2.30. The molecule has 0 fully saturated rings. The molecule has 1 aromatic heterocycles. The molecule has 3 heteroatoms. The van der Waals surface area contributed by atoms with Crippen LogP contribution in [0.5, 0.6) is 0 Å². The summed E-state index contributed by atoms with van der Waals surface area (Å²) in [6.45, 7) is 0. The third kappa shape index (κ3) is 2.00. The molecule has 1 aromatic carbocycles. The Morgan fingerprint density at radius 1 is 1.05 bits per heavy atom. The predicted octanol–water partition coefficient (Wildman–Crippen LogP) is 2.63. The number of rotatable bonds is 1. The molecule has 3 rings (SSSR count). The average Bonchev–Trinajstić information content (AvgIpc) is 2.60. The summed E-state index contributed by atoms with van der Waals surface area (Å²) in [4.78, 5) is 4.12. The lowest BCUT2D eigenvalue weighted by Crippen LogP contribution is -2.29. The van der Waals surface area contributed by atoms with Gasteiger partial charge in [-0.05, 0) is 42.9 Å². The lowest BCUT2D eigenvalue weighted by atomic mass is 9.82. The summed E-state index contributed by atoms with van der Waals surface area (Å²) in [5.41, 5.74) is 7.88. The highest BCUT2D eigenvalue weighted by atomic mass is 16.3. The number of hydrogen-bond acceptors (Lipinski definition) is 3. The average molecular weight is 254 g/mol. The summed E-state index contributed by atoms with van der Waals surface area (Å²) in [7, 11) is 0. The lowest BCUT2D eigenvalue weighted by molar-refractivity contribution is 0.0709. The van der Waals surface area contributed by atoms with E-state index in [0.29, 0.717) is 12.2 Å². The van der Waals surface area contributed by atoms with E-state index < -0.39 is 5.60 Å². The quantitative estimate of drug-likeness (QED) is 0.769. The van der Waals surface area contributed by atoms with Crippen molar-refractivity contribution < 1.29 is 5.11 Å². The molecule has 98 valence electrons. The molecule has 19 heavy (non-hydrogen) atoms. The number of nitrogens with zero attached hydrogens (tertiary/aromatic N) is 1. The number of fused-ring (bicyclic) bond motifs is 1. The Morgan fingerprint density at radius 3 is 2.68 bits per heavy atom. The van der Waals surface area contributed by atoms with Crippen LogP contribution in [0.3, 0.4) is 0 Å². The van der Waals surface area contributed by atoms with Crippen LogP contribution in [-0.2, 0) is 12.0 Å². The molecule has 0 bridgehead atoms. The second-order valence-corrected chi connectivity index (χ2v) is 5.16. The van der Waals surface area contributed by atoms with Gasteiger partial charge < -0.3 is 10.8 Å². The molecule has 1 atom stereocenters. The van der Waals surface area contributed by atoms with Gasteiger partial charge in [-0.25, -0.2) is 4.98 Å². The minimum atomic E-state index is -1.01. The van der Waals surface area contributed by atoms with Gasteiger partial charge in [-0.1, -0.05) is 30.3 Å². The van der Waals surface area contributed by atoms with E-state index in [1.807, 2.05) is 30.3 Å². The SMILES string of the molecule is Nc1ncccc1C1(O)CCCCc2ccccc21. The van der Waals surface area contributed by atoms with E-state index in [9.17, 15) is 5.11 Å². The van der Waals surface area contributed by atoms with Crippen molar-refractivity contribution in [3.8, 4) is 0 Å². The van der Waals surface area contributed by atoms with Crippen LogP contribution in [0.25, 0.3) is 0 Å². The van der Waals surface area contributed by atoms with Crippen molar-refractivity contribution in [2.45, 2.75) is 31.3 Å². The topological polar surface area (TPSA) is 59.1 Å². The monoisotopic (exact) mass is 254 g/mol. The first-order valence-electron chi connectivity index (χ1n) is 6.73. The molecular weight excluding hydrogens is 236 g/mol. The van der Waals surface area contributed by atoms with Crippen LogP contribution in [0.2, 0.25) is 0 Å². The third-order valence-electron chi connectivity index (χ3n) is 3.98. The predicted molar refractivity (Wildman–Crippen MR) is 75.6 cm³/mol. The van der Waals surface area contributed by atoms with Gasteiger partial charge in [0.1, 0.15) is 11.4 Å². The minimum absolute atomic E-state index is 0.418. The van der Waals surface area contributed by atoms with Crippen LogP contribution < -0.4 is 5.73 Å². The van der Waals surface area contributed by atoms with Crippen LogP contribution >= 0.6 is 0 Å². The first-order chi connectivity index (χ1) is 9.22. The summed E-state index contributed by atoms with van der Waals surface area (Å²) in [6, 6.07) is 11.8. The van der Waals surface area contributed by atoms with Crippen molar-refractivity contribution in [3.05, 3.63) is 59.3 Å². The molecular formula is C16H18N2O. The van der Waals surface area contributed by atoms with E-state index in [1.54, 1.807) is 6.20 Å². The summed E-state index contributed by atoms with van der Waals surface area (Å²) >= 11 is 0. The van der Waals surface area contributed by atoms with E-state index >= 15 is 0 Å². The maximum atomic E-state index is 11.2. The van der Waals surface area contributed by atoms with E-state index in [1.165, 1.54) is 5.56 Å². The highest BCUT2D eigenvalue weighted by molar-refractivity contribution is 5.50. The Hall–Kier alpha value is -1.87. The van der Waals surface area contributed by atoms with Crippen LogP contribution in [-0.4, -0.2) is 10.1 Å². The molecule has 0 radical (unpaired) electrons. The smallest absolute Gasteiger partial charge is 0.129 e. The molecule has 0 spiro atoms. The maximum absolute atomic E-state index is 11.2. The summed E-state index contributed by atoms with van der Waals surface area (Å²) < 4.78 is 0. The second-order valence-electron chi connectivity index (χ2n) is 5.16. The molecule has 2 aromatic rings. The number of nitrogen functional groups attached to an aromatic ring is 1. The Kier molecular flexibility index (Phi) is 2.99. The van der Waals surface area contributed by atoms with Gasteiger partial charge in [-0.3, -0.25) is 0 Å². The zero-order valence-corrected chi connectivity index (χ0v) is 10.8. The van der Waals surface area contributed by atoms with Gasteiger partial charge in [0.15, 0.2) is 0 Å². The second kappa shape index (κ2) is 4.67. The number of benzene rings is 1. The molecule has 3 nitrogen and oxygen atoms in total. The van der Waals surface area contributed by atoms with E-state index in [4.69, 9.17) is 5.73 Å². The van der Waals surface area contributed by atoms with E-state index in [2.05, 4.69) is 11.1 Å². The van der Waals surface area contributed by atoms with E-state index in [0.717, 1.165) is 30.4 Å². The van der Waals surface area contributed by atoms with Gasteiger partial charge in [0.25, 0.3) is 0 Å². The van der Waals surface area contributed by atoms with Crippen LogP contribution in [0.4, 0.5) is 5.82 Å². The molecule has 1 unspecified atom stereocenters. The third-order valence-corrected chi connectivity index (χ3v) is 3.98. The number of aromatic nitrogens is 1. The first kappa shape index (κ1) is 12.2. The van der Waals surface area contributed by atoms with Crippen LogP contribution in [0, 0.1) is 0 Å². The Balaban J connectivity index is 2.20. The van der Waals surface area contributed by atoms with Crippen LogP contribution in [0.1, 0.15) is 36.0 Å². The molecule has 0 saturated heterocycles. The van der Waals surface area contributed by atoms with Crippen molar-refractivity contribution in [1.29, 1.82) is 0 Å². The molecule has 3 N–H and O–H groups in total. The number of pyridine rings is 1. The summed E-state index contributed by atoms with van der Waals surface area (Å²) in [6.07, 6.45) is 5.45. The number of anilines is 1. The van der Waals surface area contributed by atoms with Crippen molar-refractivity contribution in [3.63, 3.8) is 0 Å². The van der Waals surface area contributed by atoms with Crippen LogP contribution in [0.15, 0.2) is 42.6 Å². The number of aliphatic hydroxyl groups is 1. The zero-order valence-electron chi connectivity index (χ0n) is 10.8. The van der Waals surface area contributed by atoms with E-state index in [-0.39, 0.29) is 0 Å². The Labute approximate surface area is 113 Å².